The summed E-state index contributed by atoms with van der Waals surface area (Å²) in [6.07, 6.45) is 3.76. The van der Waals surface area contributed by atoms with E-state index in [-0.39, 0.29) is 0 Å². The monoisotopic (exact) mass is 298 g/mol. The van der Waals surface area contributed by atoms with Crippen LogP contribution in [0.2, 0.25) is 0 Å². The van der Waals surface area contributed by atoms with Gasteiger partial charge in [-0.25, -0.2) is 9.97 Å². The highest BCUT2D eigenvalue weighted by molar-refractivity contribution is 7.17. The van der Waals surface area contributed by atoms with Gasteiger partial charge >= 0.3 is 0 Å². The molecular weight excluding hydrogens is 280 g/mol. The van der Waals surface area contributed by atoms with Crippen molar-refractivity contribution in [3.8, 4) is 11.4 Å². The molecule has 4 nitrogen and oxygen atoms in total. The normalized spacial score (nSPS) is 11.2. The molecular formula is C16H18N4S. The third-order valence-corrected chi connectivity index (χ3v) is 4.47. The van der Waals surface area contributed by atoms with Gasteiger partial charge in [0.2, 0.25) is 0 Å². The zero-order chi connectivity index (χ0) is 14.8. The van der Waals surface area contributed by atoms with Crippen molar-refractivity contribution in [2.45, 2.75) is 26.7 Å². The van der Waals surface area contributed by atoms with Crippen LogP contribution in [0.5, 0.6) is 0 Å². The average Bonchev–Trinajstić information content (AvgIpc) is 2.93. The molecule has 5 heteroatoms. The van der Waals surface area contributed by atoms with Gasteiger partial charge in [-0.05, 0) is 56.3 Å². The molecule has 0 aliphatic heterocycles. The highest BCUT2D eigenvalue weighted by atomic mass is 32.1. The van der Waals surface area contributed by atoms with Gasteiger partial charge in [-0.1, -0.05) is 0 Å². The Morgan fingerprint density at radius 1 is 1.19 bits per heavy atom. The van der Waals surface area contributed by atoms with Crippen LogP contribution in [0.3, 0.4) is 0 Å². The molecule has 0 saturated carbocycles. The van der Waals surface area contributed by atoms with Crippen LogP contribution >= 0.6 is 11.3 Å². The first-order valence-corrected chi connectivity index (χ1v) is 7.95. The highest BCUT2D eigenvalue weighted by Gasteiger charge is 2.11. The molecule has 0 bridgehead atoms. The molecule has 0 aliphatic rings. The summed E-state index contributed by atoms with van der Waals surface area (Å²) in [5.41, 5.74) is 10.9. The predicted octanol–water partition coefficient (Wildman–Crippen LogP) is 3.26. The van der Waals surface area contributed by atoms with Crippen molar-refractivity contribution >= 4 is 21.6 Å². The van der Waals surface area contributed by atoms with Gasteiger partial charge in [0, 0.05) is 23.1 Å². The lowest BCUT2D eigenvalue weighted by Gasteiger charge is -2.10. The number of hydrogen-bond donors (Lipinski definition) is 1. The Morgan fingerprint density at radius 3 is 2.67 bits per heavy atom. The Kier molecular flexibility index (Phi) is 3.94. The first-order valence-electron chi connectivity index (χ1n) is 7.07. The van der Waals surface area contributed by atoms with Crippen LogP contribution in [0.4, 0.5) is 0 Å². The van der Waals surface area contributed by atoms with Crippen molar-refractivity contribution in [1.29, 1.82) is 0 Å². The van der Waals surface area contributed by atoms with Gasteiger partial charge in [-0.2, -0.15) is 0 Å². The Balaban J connectivity index is 2.02. The Morgan fingerprint density at radius 2 is 1.95 bits per heavy atom. The van der Waals surface area contributed by atoms with Crippen molar-refractivity contribution in [3.05, 3.63) is 40.7 Å². The van der Waals surface area contributed by atoms with Crippen LogP contribution < -0.4 is 5.73 Å². The molecule has 0 spiro atoms. The van der Waals surface area contributed by atoms with E-state index in [0.717, 1.165) is 41.1 Å². The maximum atomic E-state index is 5.59. The summed E-state index contributed by atoms with van der Waals surface area (Å²) in [6, 6.07) is 4.14. The van der Waals surface area contributed by atoms with Crippen LogP contribution in [0.25, 0.3) is 21.6 Å². The Hall–Kier alpha value is -1.85. The molecule has 21 heavy (non-hydrogen) atoms. The minimum Gasteiger partial charge on any atom is -0.330 e. The lowest BCUT2D eigenvalue weighted by Crippen LogP contribution is -2.06. The molecule has 3 heterocycles. The van der Waals surface area contributed by atoms with Crippen LogP contribution in [-0.2, 0) is 6.42 Å². The molecule has 108 valence electrons. The molecule has 3 rings (SSSR count). The fraction of sp³-hybridized carbons (Fsp3) is 0.312. The van der Waals surface area contributed by atoms with Crippen molar-refractivity contribution < 1.29 is 0 Å². The number of fused-ring (bicyclic) bond motifs is 1. The highest BCUT2D eigenvalue weighted by Crippen LogP contribution is 2.25. The summed E-state index contributed by atoms with van der Waals surface area (Å²) in [4.78, 5) is 13.8. The number of rotatable bonds is 4. The number of pyridine rings is 1. The van der Waals surface area contributed by atoms with E-state index < -0.39 is 0 Å². The maximum Gasteiger partial charge on any atom is 0.161 e. The topological polar surface area (TPSA) is 64.7 Å². The second kappa shape index (κ2) is 5.87. The van der Waals surface area contributed by atoms with E-state index in [1.807, 2.05) is 26.1 Å². The minimum atomic E-state index is 0.694. The third kappa shape index (κ3) is 2.80. The summed E-state index contributed by atoms with van der Waals surface area (Å²) in [7, 11) is 0. The average molecular weight is 298 g/mol. The summed E-state index contributed by atoms with van der Waals surface area (Å²) >= 11 is 1.69. The zero-order valence-corrected chi connectivity index (χ0v) is 13.1. The van der Waals surface area contributed by atoms with E-state index >= 15 is 0 Å². The number of hydrogen-bond acceptors (Lipinski definition) is 5. The maximum absolute atomic E-state index is 5.59. The lowest BCUT2D eigenvalue weighted by atomic mass is 10.1. The molecule has 0 atom stereocenters. The third-order valence-electron chi connectivity index (χ3n) is 3.61. The zero-order valence-electron chi connectivity index (χ0n) is 12.3. The fourth-order valence-corrected chi connectivity index (χ4v) is 3.26. The van der Waals surface area contributed by atoms with Crippen LogP contribution in [-0.4, -0.2) is 21.5 Å². The van der Waals surface area contributed by atoms with Crippen LogP contribution in [0, 0.1) is 13.8 Å². The van der Waals surface area contributed by atoms with Gasteiger partial charge in [0.25, 0.3) is 0 Å². The van der Waals surface area contributed by atoms with E-state index in [1.165, 1.54) is 10.3 Å². The molecule has 0 fully saturated rings. The molecule has 3 aromatic rings. The SMILES string of the molecule is Cc1nc(-c2cnc3ccsc3c2)nc(C)c1CCCN. The van der Waals surface area contributed by atoms with Gasteiger partial charge in [0.15, 0.2) is 5.82 Å². The number of nitrogens with two attached hydrogens (primary N) is 1. The Labute approximate surface area is 128 Å². The van der Waals surface area contributed by atoms with E-state index in [2.05, 4.69) is 26.4 Å². The van der Waals surface area contributed by atoms with E-state index in [9.17, 15) is 0 Å². The van der Waals surface area contributed by atoms with Gasteiger partial charge in [-0.15, -0.1) is 11.3 Å². The van der Waals surface area contributed by atoms with Gasteiger partial charge in [0.1, 0.15) is 0 Å². The standard InChI is InChI=1S/C16H18N4S/c1-10-13(4-3-6-17)11(2)20-16(19-10)12-8-15-14(18-9-12)5-7-21-15/h5,7-9H,3-4,6,17H2,1-2H3. The number of nitrogens with zero attached hydrogens (tertiary/aromatic N) is 3. The molecule has 0 unspecified atom stereocenters. The molecule has 0 aliphatic carbocycles. The molecule has 0 amide bonds. The largest absolute Gasteiger partial charge is 0.330 e. The summed E-state index contributed by atoms with van der Waals surface area (Å²) in [6.45, 7) is 4.78. The molecule has 0 radical (unpaired) electrons. The fourth-order valence-electron chi connectivity index (χ4n) is 2.48. The summed E-state index contributed by atoms with van der Waals surface area (Å²) in [5.74, 6) is 0.754. The van der Waals surface area contributed by atoms with Crippen LogP contribution in [0.15, 0.2) is 23.7 Å². The molecule has 0 aromatic carbocycles. The molecule has 2 N–H and O–H groups in total. The predicted molar refractivity (Wildman–Crippen MR) is 87.5 cm³/mol. The first kappa shape index (κ1) is 14.1. The lowest BCUT2D eigenvalue weighted by molar-refractivity contribution is 0.806. The summed E-state index contributed by atoms with van der Waals surface area (Å²) in [5, 5.41) is 2.05. The number of aromatic nitrogens is 3. The first-order chi connectivity index (χ1) is 10.2. The van der Waals surface area contributed by atoms with Crippen molar-refractivity contribution in [2.24, 2.45) is 5.73 Å². The quantitative estimate of drug-likeness (QED) is 0.803. The van der Waals surface area contributed by atoms with E-state index in [4.69, 9.17) is 5.73 Å². The van der Waals surface area contributed by atoms with Crippen molar-refractivity contribution in [2.75, 3.05) is 6.54 Å². The molecule has 3 aromatic heterocycles. The number of aryl methyl sites for hydroxylation is 2. The second-order valence-electron chi connectivity index (χ2n) is 5.12. The smallest absolute Gasteiger partial charge is 0.161 e. The van der Waals surface area contributed by atoms with Gasteiger partial charge in [-0.3, -0.25) is 4.98 Å². The van der Waals surface area contributed by atoms with Crippen molar-refractivity contribution in [3.63, 3.8) is 0 Å². The van der Waals surface area contributed by atoms with Gasteiger partial charge in [0.05, 0.1) is 10.2 Å². The summed E-state index contributed by atoms with van der Waals surface area (Å²) < 4.78 is 1.17. The minimum absolute atomic E-state index is 0.694. The Bertz CT molecular complexity index is 756. The second-order valence-corrected chi connectivity index (χ2v) is 6.06. The van der Waals surface area contributed by atoms with E-state index in [1.54, 1.807) is 11.3 Å². The van der Waals surface area contributed by atoms with E-state index in [0.29, 0.717) is 6.54 Å². The van der Waals surface area contributed by atoms with Crippen LogP contribution in [0.1, 0.15) is 23.4 Å². The van der Waals surface area contributed by atoms with Gasteiger partial charge < -0.3 is 5.73 Å². The van der Waals surface area contributed by atoms with Crippen molar-refractivity contribution in [1.82, 2.24) is 15.0 Å². The number of thiophene rings is 1. The molecule has 0 saturated heterocycles.